The lowest BCUT2D eigenvalue weighted by atomic mass is 10.2. The number of hydrogen-bond donors (Lipinski definition) is 3. The second-order valence-electron chi connectivity index (χ2n) is 5.33. The number of nitrogens with zero attached hydrogens (tertiary/aromatic N) is 3. The molecule has 2 aromatic heterocycles. The highest BCUT2D eigenvalue weighted by molar-refractivity contribution is 6.03. The van der Waals surface area contributed by atoms with Crippen LogP contribution < -0.4 is 10.6 Å². The molecule has 0 aliphatic heterocycles. The number of benzene rings is 1. The molecule has 3 aromatic rings. The maximum absolute atomic E-state index is 12.0. The lowest BCUT2D eigenvalue weighted by Gasteiger charge is -2.08. The number of esters is 1. The number of carbonyl (C=O) groups is 2. The molecule has 0 unspecified atom stereocenters. The Labute approximate surface area is 143 Å². The van der Waals surface area contributed by atoms with Crippen molar-refractivity contribution >= 4 is 28.6 Å². The molecule has 2 amide bonds. The number of methoxy groups -OCH3 is 1. The van der Waals surface area contributed by atoms with Gasteiger partial charge in [0.15, 0.2) is 5.69 Å². The van der Waals surface area contributed by atoms with E-state index in [1.165, 1.54) is 7.11 Å². The summed E-state index contributed by atoms with van der Waals surface area (Å²) in [5, 5.41) is 16.9. The third-order valence-corrected chi connectivity index (χ3v) is 3.61. The maximum atomic E-state index is 12.0. The Morgan fingerprint density at radius 2 is 2.24 bits per heavy atom. The van der Waals surface area contributed by atoms with Gasteiger partial charge in [0, 0.05) is 36.6 Å². The molecule has 0 aliphatic rings. The van der Waals surface area contributed by atoms with Crippen molar-refractivity contribution in [2.45, 2.75) is 13.0 Å². The quantitative estimate of drug-likeness (QED) is 0.466. The average Bonchev–Trinajstić information content (AvgIpc) is 3.27. The summed E-state index contributed by atoms with van der Waals surface area (Å²) in [4.78, 5) is 23.6. The van der Waals surface area contributed by atoms with Crippen LogP contribution in [0.2, 0.25) is 0 Å². The molecule has 9 nitrogen and oxygen atoms in total. The van der Waals surface area contributed by atoms with Gasteiger partial charge >= 0.3 is 12.0 Å². The van der Waals surface area contributed by atoms with Crippen molar-refractivity contribution in [2.75, 3.05) is 19.0 Å². The molecule has 2 heterocycles. The monoisotopic (exact) mass is 342 g/mol. The van der Waals surface area contributed by atoms with Gasteiger partial charge < -0.3 is 15.4 Å². The molecule has 0 spiro atoms. The highest BCUT2D eigenvalue weighted by Gasteiger charge is 2.15. The summed E-state index contributed by atoms with van der Waals surface area (Å²) in [5.41, 5.74) is 1.43. The van der Waals surface area contributed by atoms with Crippen LogP contribution in [-0.4, -0.2) is 45.6 Å². The largest absolute Gasteiger partial charge is 0.464 e. The van der Waals surface area contributed by atoms with E-state index in [4.69, 9.17) is 4.74 Å². The van der Waals surface area contributed by atoms with Gasteiger partial charge in [-0.1, -0.05) is 0 Å². The summed E-state index contributed by atoms with van der Waals surface area (Å²) in [7, 11) is 1.29. The SMILES string of the molecule is COC(=O)c1n[nH]c2ccc(NC(=O)NCCCn3cccn3)cc12. The minimum absolute atomic E-state index is 0.181. The van der Waals surface area contributed by atoms with Gasteiger partial charge in [-0.05, 0) is 30.7 Å². The second kappa shape index (κ2) is 7.47. The van der Waals surface area contributed by atoms with Crippen molar-refractivity contribution in [2.24, 2.45) is 0 Å². The fourth-order valence-electron chi connectivity index (χ4n) is 2.40. The minimum Gasteiger partial charge on any atom is -0.464 e. The number of H-pyrrole nitrogens is 1. The lowest BCUT2D eigenvalue weighted by molar-refractivity contribution is 0.0596. The van der Waals surface area contributed by atoms with E-state index in [0.29, 0.717) is 23.1 Å². The van der Waals surface area contributed by atoms with Crippen LogP contribution in [0.3, 0.4) is 0 Å². The predicted molar refractivity (Wildman–Crippen MR) is 91.3 cm³/mol. The summed E-state index contributed by atoms with van der Waals surface area (Å²) < 4.78 is 6.50. The van der Waals surface area contributed by atoms with Crippen molar-refractivity contribution in [3.8, 4) is 0 Å². The zero-order valence-corrected chi connectivity index (χ0v) is 13.7. The minimum atomic E-state index is -0.536. The number of aromatic nitrogens is 4. The first-order chi connectivity index (χ1) is 12.2. The number of carbonyl (C=O) groups excluding carboxylic acids is 2. The molecule has 130 valence electrons. The van der Waals surface area contributed by atoms with Gasteiger partial charge in [0.05, 0.1) is 12.6 Å². The molecule has 0 saturated carbocycles. The van der Waals surface area contributed by atoms with E-state index in [1.54, 1.807) is 29.1 Å². The van der Waals surface area contributed by atoms with Gasteiger partial charge in [0.25, 0.3) is 0 Å². The Morgan fingerprint density at radius 3 is 3.00 bits per heavy atom. The highest BCUT2D eigenvalue weighted by Crippen LogP contribution is 2.21. The number of ether oxygens (including phenoxy) is 1. The Morgan fingerprint density at radius 1 is 1.36 bits per heavy atom. The van der Waals surface area contributed by atoms with E-state index in [1.807, 2.05) is 12.3 Å². The van der Waals surface area contributed by atoms with Crippen molar-refractivity contribution in [1.82, 2.24) is 25.3 Å². The van der Waals surface area contributed by atoms with Crippen LogP contribution in [0, 0.1) is 0 Å². The molecular weight excluding hydrogens is 324 g/mol. The van der Waals surface area contributed by atoms with Crippen LogP contribution in [0.25, 0.3) is 10.9 Å². The van der Waals surface area contributed by atoms with Crippen molar-refractivity contribution < 1.29 is 14.3 Å². The Bertz CT molecular complexity index is 871. The smallest absolute Gasteiger partial charge is 0.359 e. The predicted octanol–water partition coefficient (Wildman–Crippen LogP) is 1.76. The molecule has 3 rings (SSSR count). The average molecular weight is 342 g/mol. The van der Waals surface area contributed by atoms with Crippen LogP contribution in [0.15, 0.2) is 36.7 Å². The van der Waals surface area contributed by atoms with E-state index >= 15 is 0 Å². The normalized spacial score (nSPS) is 10.6. The summed E-state index contributed by atoms with van der Waals surface area (Å²) in [6.07, 6.45) is 4.36. The van der Waals surface area contributed by atoms with Crippen molar-refractivity contribution in [1.29, 1.82) is 0 Å². The molecule has 0 bridgehead atoms. The van der Waals surface area contributed by atoms with Crippen LogP contribution in [-0.2, 0) is 11.3 Å². The Kier molecular flexibility index (Phi) is 4.93. The van der Waals surface area contributed by atoms with E-state index in [9.17, 15) is 9.59 Å². The molecule has 0 fully saturated rings. The number of amides is 2. The van der Waals surface area contributed by atoms with Gasteiger partial charge in [-0.3, -0.25) is 9.78 Å². The number of rotatable bonds is 6. The number of anilines is 1. The second-order valence-corrected chi connectivity index (χ2v) is 5.33. The molecule has 3 N–H and O–H groups in total. The molecule has 0 atom stereocenters. The molecule has 9 heteroatoms. The lowest BCUT2D eigenvalue weighted by Crippen LogP contribution is -2.30. The van der Waals surface area contributed by atoms with Gasteiger partial charge in [-0.2, -0.15) is 10.2 Å². The molecule has 25 heavy (non-hydrogen) atoms. The molecule has 1 aromatic carbocycles. The fourth-order valence-corrected chi connectivity index (χ4v) is 2.40. The van der Waals surface area contributed by atoms with Gasteiger partial charge in [-0.25, -0.2) is 9.59 Å². The third kappa shape index (κ3) is 3.94. The maximum Gasteiger partial charge on any atom is 0.359 e. The van der Waals surface area contributed by atoms with Crippen LogP contribution in [0.4, 0.5) is 10.5 Å². The molecule has 0 radical (unpaired) electrons. The summed E-state index contributed by atoms with van der Waals surface area (Å²) in [6, 6.07) is 6.68. The van der Waals surface area contributed by atoms with Crippen molar-refractivity contribution in [3.63, 3.8) is 0 Å². The zero-order valence-electron chi connectivity index (χ0n) is 13.7. The number of aromatic amines is 1. The highest BCUT2D eigenvalue weighted by atomic mass is 16.5. The van der Waals surface area contributed by atoms with Crippen LogP contribution >= 0.6 is 0 Å². The molecule has 0 aliphatic carbocycles. The number of hydrogen-bond acceptors (Lipinski definition) is 5. The number of fused-ring (bicyclic) bond motifs is 1. The van der Waals surface area contributed by atoms with Gasteiger partial charge in [-0.15, -0.1) is 0 Å². The van der Waals surface area contributed by atoms with Gasteiger partial charge in [0.1, 0.15) is 0 Å². The number of urea groups is 1. The van der Waals surface area contributed by atoms with E-state index in [2.05, 4.69) is 25.9 Å². The zero-order chi connectivity index (χ0) is 17.6. The summed E-state index contributed by atoms with van der Waals surface area (Å²) in [6.45, 7) is 1.25. The van der Waals surface area contributed by atoms with E-state index < -0.39 is 5.97 Å². The summed E-state index contributed by atoms with van der Waals surface area (Å²) >= 11 is 0. The fraction of sp³-hybridized carbons (Fsp3) is 0.250. The third-order valence-electron chi connectivity index (χ3n) is 3.61. The molecule has 0 saturated heterocycles. The van der Waals surface area contributed by atoms with E-state index in [0.717, 1.165) is 13.0 Å². The topological polar surface area (TPSA) is 114 Å². The van der Waals surface area contributed by atoms with Crippen molar-refractivity contribution in [3.05, 3.63) is 42.4 Å². The summed E-state index contributed by atoms with van der Waals surface area (Å²) in [5.74, 6) is -0.536. The standard InChI is InChI=1S/C16H18N6O3/c1-25-15(23)14-12-10-11(4-5-13(12)20-21-14)19-16(24)17-6-2-8-22-9-3-7-18-22/h3-5,7,9-10H,2,6,8H2,1H3,(H,20,21)(H2,17,19,24). The first kappa shape index (κ1) is 16.5. The van der Waals surface area contributed by atoms with Gasteiger partial charge in [0.2, 0.25) is 0 Å². The van der Waals surface area contributed by atoms with Crippen LogP contribution in [0.5, 0.6) is 0 Å². The first-order valence-corrected chi connectivity index (χ1v) is 7.76. The molecular formula is C16H18N6O3. The Hall–Kier alpha value is -3.36. The number of aryl methyl sites for hydroxylation is 1. The first-order valence-electron chi connectivity index (χ1n) is 7.76. The number of nitrogens with one attached hydrogen (secondary N) is 3. The van der Waals surface area contributed by atoms with Crippen LogP contribution in [0.1, 0.15) is 16.9 Å². The van der Waals surface area contributed by atoms with E-state index in [-0.39, 0.29) is 11.7 Å². The Balaban J connectivity index is 1.56.